The monoisotopic (exact) mass is 289 g/mol. The summed E-state index contributed by atoms with van der Waals surface area (Å²) in [6.45, 7) is 1.76. The first-order valence-electron chi connectivity index (χ1n) is 6.21. The highest BCUT2D eigenvalue weighted by atomic mass is 32.1. The van der Waals surface area contributed by atoms with E-state index in [2.05, 4.69) is 5.32 Å². The maximum absolute atomic E-state index is 12.2. The molecule has 2 atom stereocenters. The lowest BCUT2D eigenvalue weighted by atomic mass is 10.00. The third kappa shape index (κ3) is 3.24. The summed E-state index contributed by atoms with van der Waals surface area (Å²) in [6, 6.07) is 11.8. The number of benzene rings is 1. The van der Waals surface area contributed by atoms with Gasteiger partial charge in [-0.05, 0) is 23.9 Å². The van der Waals surface area contributed by atoms with Crippen LogP contribution >= 0.6 is 11.3 Å². The van der Waals surface area contributed by atoms with Gasteiger partial charge in [0.15, 0.2) is 6.04 Å². The summed E-state index contributed by atoms with van der Waals surface area (Å²) < 4.78 is 0. The number of rotatable bonds is 5. The normalized spacial score (nSPS) is 13.4. The smallest absolute Gasteiger partial charge is 0.331 e. The molecule has 0 fully saturated rings. The van der Waals surface area contributed by atoms with Crippen molar-refractivity contribution in [1.29, 1.82) is 0 Å². The van der Waals surface area contributed by atoms with E-state index in [9.17, 15) is 14.7 Å². The molecule has 0 aliphatic rings. The number of aliphatic carboxylic acids is 1. The van der Waals surface area contributed by atoms with Gasteiger partial charge in [0, 0.05) is 4.88 Å². The van der Waals surface area contributed by atoms with E-state index in [1.54, 1.807) is 24.4 Å². The van der Waals surface area contributed by atoms with Crippen molar-refractivity contribution in [3.63, 3.8) is 0 Å². The zero-order valence-corrected chi connectivity index (χ0v) is 11.8. The Hall–Kier alpha value is -2.14. The van der Waals surface area contributed by atoms with E-state index < -0.39 is 17.9 Å². The lowest BCUT2D eigenvalue weighted by Crippen LogP contribution is -2.35. The Balaban J connectivity index is 2.11. The van der Waals surface area contributed by atoms with Gasteiger partial charge in [-0.25, -0.2) is 4.79 Å². The Kier molecular flexibility index (Phi) is 4.53. The lowest BCUT2D eigenvalue weighted by Gasteiger charge is -2.17. The summed E-state index contributed by atoms with van der Waals surface area (Å²) in [5, 5.41) is 13.6. The highest BCUT2D eigenvalue weighted by Gasteiger charge is 2.25. The fourth-order valence-electron chi connectivity index (χ4n) is 1.87. The minimum absolute atomic E-state index is 0.294. The summed E-state index contributed by atoms with van der Waals surface area (Å²) in [4.78, 5) is 24.1. The van der Waals surface area contributed by atoms with Crippen molar-refractivity contribution < 1.29 is 14.7 Å². The molecule has 104 valence electrons. The quantitative estimate of drug-likeness (QED) is 0.889. The number of hydrogen-bond acceptors (Lipinski definition) is 3. The molecule has 2 aromatic rings. The van der Waals surface area contributed by atoms with Crippen LogP contribution in [0.5, 0.6) is 0 Å². The van der Waals surface area contributed by atoms with E-state index in [4.69, 9.17) is 0 Å². The molecule has 0 saturated heterocycles. The minimum atomic E-state index is -1.05. The van der Waals surface area contributed by atoms with E-state index in [0.717, 1.165) is 5.56 Å². The van der Waals surface area contributed by atoms with E-state index in [1.807, 2.05) is 30.3 Å². The molecule has 0 aliphatic carbocycles. The molecule has 2 rings (SSSR count). The van der Waals surface area contributed by atoms with Crippen molar-refractivity contribution in [3.05, 3.63) is 58.3 Å². The van der Waals surface area contributed by atoms with Gasteiger partial charge in [0.1, 0.15) is 0 Å². The molecular weight excluding hydrogens is 274 g/mol. The third-order valence-electron chi connectivity index (χ3n) is 3.05. The van der Waals surface area contributed by atoms with Crippen molar-refractivity contribution in [1.82, 2.24) is 5.32 Å². The molecule has 5 heteroatoms. The Morgan fingerprint density at radius 1 is 1.15 bits per heavy atom. The number of thiophene rings is 1. The van der Waals surface area contributed by atoms with Gasteiger partial charge in [0.05, 0.1) is 5.92 Å². The SMILES string of the molecule is CC(C(=O)NC(C(=O)O)c1cccs1)c1ccccc1. The molecule has 1 aromatic heterocycles. The van der Waals surface area contributed by atoms with Crippen LogP contribution in [0.25, 0.3) is 0 Å². The molecule has 4 nitrogen and oxygen atoms in total. The first kappa shape index (κ1) is 14.3. The number of nitrogens with one attached hydrogen (secondary N) is 1. The van der Waals surface area contributed by atoms with E-state index in [0.29, 0.717) is 4.88 Å². The molecule has 2 unspecified atom stereocenters. The summed E-state index contributed by atoms with van der Waals surface area (Å²) in [7, 11) is 0. The third-order valence-corrected chi connectivity index (χ3v) is 3.99. The van der Waals surface area contributed by atoms with Gasteiger partial charge < -0.3 is 10.4 Å². The summed E-state index contributed by atoms with van der Waals surface area (Å²) in [5.41, 5.74) is 0.861. The van der Waals surface area contributed by atoms with Crippen LogP contribution in [0.2, 0.25) is 0 Å². The Bertz CT molecular complexity index is 580. The van der Waals surface area contributed by atoms with Crippen molar-refractivity contribution >= 4 is 23.2 Å². The predicted molar refractivity (Wildman–Crippen MR) is 77.7 cm³/mol. The Morgan fingerprint density at radius 3 is 2.40 bits per heavy atom. The molecule has 0 spiro atoms. The zero-order valence-electron chi connectivity index (χ0n) is 10.9. The van der Waals surface area contributed by atoms with E-state index in [1.165, 1.54) is 11.3 Å². The molecule has 0 saturated carbocycles. The zero-order chi connectivity index (χ0) is 14.5. The molecule has 2 N–H and O–H groups in total. The van der Waals surface area contributed by atoms with Crippen molar-refractivity contribution in [3.8, 4) is 0 Å². The summed E-state index contributed by atoms with van der Waals surface area (Å²) >= 11 is 1.31. The van der Waals surface area contributed by atoms with Crippen molar-refractivity contribution in [2.45, 2.75) is 18.9 Å². The molecule has 0 bridgehead atoms. The molecule has 1 heterocycles. The van der Waals surface area contributed by atoms with Gasteiger partial charge in [-0.15, -0.1) is 11.3 Å². The second-order valence-corrected chi connectivity index (χ2v) is 5.41. The molecule has 1 aromatic carbocycles. The largest absolute Gasteiger partial charge is 0.479 e. The minimum Gasteiger partial charge on any atom is -0.479 e. The number of carboxylic acids is 1. The van der Waals surface area contributed by atoms with Crippen LogP contribution in [-0.4, -0.2) is 17.0 Å². The first-order valence-corrected chi connectivity index (χ1v) is 7.09. The van der Waals surface area contributed by atoms with Crippen LogP contribution < -0.4 is 5.32 Å². The standard InChI is InChI=1S/C15H15NO3S/c1-10(11-6-3-2-4-7-11)14(17)16-13(15(18)19)12-8-5-9-20-12/h2-10,13H,1H3,(H,16,17)(H,18,19). The molecule has 0 aliphatic heterocycles. The number of hydrogen-bond donors (Lipinski definition) is 2. The summed E-state index contributed by atoms with van der Waals surface area (Å²) in [5.74, 6) is -1.74. The van der Waals surface area contributed by atoms with E-state index in [-0.39, 0.29) is 5.91 Å². The highest BCUT2D eigenvalue weighted by Crippen LogP contribution is 2.21. The number of carboxylic acid groups (broad SMARTS) is 1. The van der Waals surface area contributed by atoms with Crippen LogP contribution in [0, 0.1) is 0 Å². The van der Waals surface area contributed by atoms with Crippen LogP contribution in [0.4, 0.5) is 0 Å². The van der Waals surface area contributed by atoms with Crippen LogP contribution in [0.1, 0.15) is 29.3 Å². The highest BCUT2D eigenvalue weighted by molar-refractivity contribution is 7.10. The second-order valence-electron chi connectivity index (χ2n) is 4.43. The molecule has 0 radical (unpaired) electrons. The molecule has 20 heavy (non-hydrogen) atoms. The fourth-order valence-corrected chi connectivity index (χ4v) is 2.64. The molecular formula is C15H15NO3S. The predicted octanol–water partition coefficient (Wildman–Crippen LogP) is 2.79. The second kappa shape index (κ2) is 6.34. The number of carbonyl (C=O) groups is 2. The van der Waals surface area contributed by atoms with Crippen LogP contribution in [-0.2, 0) is 9.59 Å². The number of amides is 1. The number of carbonyl (C=O) groups excluding carboxylic acids is 1. The summed E-state index contributed by atoms with van der Waals surface area (Å²) in [6.07, 6.45) is 0. The van der Waals surface area contributed by atoms with Gasteiger partial charge in [-0.1, -0.05) is 36.4 Å². The first-order chi connectivity index (χ1) is 9.59. The maximum Gasteiger partial charge on any atom is 0.331 e. The van der Waals surface area contributed by atoms with Crippen LogP contribution in [0.15, 0.2) is 47.8 Å². The fraction of sp³-hybridized carbons (Fsp3) is 0.200. The average Bonchev–Trinajstić information content (AvgIpc) is 2.98. The Morgan fingerprint density at radius 2 is 1.85 bits per heavy atom. The lowest BCUT2D eigenvalue weighted by molar-refractivity contribution is -0.142. The van der Waals surface area contributed by atoms with Crippen LogP contribution in [0.3, 0.4) is 0 Å². The van der Waals surface area contributed by atoms with E-state index >= 15 is 0 Å². The van der Waals surface area contributed by atoms with Crippen molar-refractivity contribution in [2.75, 3.05) is 0 Å². The van der Waals surface area contributed by atoms with Gasteiger partial charge in [-0.3, -0.25) is 4.79 Å². The van der Waals surface area contributed by atoms with Crippen molar-refractivity contribution in [2.24, 2.45) is 0 Å². The Labute approximate surface area is 121 Å². The van der Waals surface area contributed by atoms with Gasteiger partial charge in [0.25, 0.3) is 0 Å². The van der Waals surface area contributed by atoms with Gasteiger partial charge >= 0.3 is 5.97 Å². The van der Waals surface area contributed by atoms with Gasteiger partial charge in [-0.2, -0.15) is 0 Å². The topological polar surface area (TPSA) is 66.4 Å². The maximum atomic E-state index is 12.2. The molecule has 1 amide bonds. The average molecular weight is 289 g/mol. The van der Waals surface area contributed by atoms with Gasteiger partial charge in [0.2, 0.25) is 5.91 Å².